The molecule has 0 aromatic heterocycles. The van der Waals surface area contributed by atoms with Gasteiger partial charge in [0.2, 0.25) is 0 Å². The highest BCUT2D eigenvalue weighted by molar-refractivity contribution is 5.77. The number of rotatable bonds is 5. The van der Waals surface area contributed by atoms with Gasteiger partial charge in [0.25, 0.3) is 0 Å². The van der Waals surface area contributed by atoms with Crippen molar-refractivity contribution in [3.63, 3.8) is 0 Å². The van der Waals surface area contributed by atoms with Crippen molar-refractivity contribution in [2.75, 3.05) is 6.54 Å². The van der Waals surface area contributed by atoms with Crippen LogP contribution in [0.2, 0.25) is 0 Å². The molecule has 0 fully saturated rings. The molecule has 1 unspecified atom stereocenters. The molecule has 1 nitrogen and oxygen atoms in total. The highest BCUT2D eigenvalue weighted by atomic mass is 14.9. The summed E-state index contributed by atoms with van der Waals surface area (Å²) in [6.07, 6.45) is 8.18. The van der Waals surface area contributed by atoms with Gasteiger partial charge in [-0.1, -0.05) is 109 Å². The lowest BCUT2D eigenvalue weighted by molar-refractivity contribution is 0.513. The molecule has 1 N–H and O–H groups in total. The molecule has 0 bridgehead atoms. The lowest BCUT2D eigenvalue weighted by atomic mass is 9.78. The summed E-state index contributed by atoms with van der Waals surface area (Å²) >= 11 is 0. The van der Waals surface area contributed by atoms with Crippen LogP contribution in [0.25, 0.3) is 17.2 Å². The van der Waals surface area contributed by atoms with E-state index in [1.807, 2.05) is 0 Å². The molecule has 6 rings (SSSR count). The first-order chi connectivity index (χ1) is 16.4. The number of fused-ring (bicyclic) bond motifs is 5. The van der Waals surface area contributed by atoms with Crippen molar-refractivity contribution in [1.82, 2.24) is 5.32 Å². The van der Waals surface area contributed by atoms with Gasteiger partial charge in [-0.25, -0.2) is 0 Å². The highest BCUT2D eigenvalue weighted by Gasteiger charge is 2.24. The fourth-order valence-electron chi connectivity index (χ4n) is 5.61. The maximum Gasteiger partial charge on any atom is 0.0576 e. The third-order valence-electron chi connectivity index (χ3n) is 7.28. The highest BCUT2D eigenvalue weighted by Crippen LogP contribution is 2.39. The normalized spacial score (nSPS) is 16.2. The van der Waals surface area contributed by atoms with E-state index in [0.717, 1.165) is 25.8 Å². The van der Waals surface area contributed by atoms with Crippen LogP contribution < -0.4 is 5.32 Å². The van der Waals surface area contributed by atoms with E-state index < -0.39 is 0 Å². The predicted octanol–water partition coefficient (Wildman–Crippen LogP) is 7.02. The first-order valence-electron chi connectivity index (χ1n) is 12.1. The van der Waals surface area contributed by atoms with Gasteiger partial charge < -0.3 is 5.32 Å². The Bertz CT molecular complexity index is 1250. The SMILES string of the molecule is C1=CC(CNC(c2ccccc2)c2ccccc2)Cc2c1ccc1c2CCc2ccccc2-1. The van der Waals surface area contributed by atoms with E-state index in [9.17, 15) is 0 Å². The van der Waals surface area contributed by atoms with Crippen LogP contribution in [0.15, 0.2) is 103 Å². The van der Waals surface area contributed by atoms with Crippen molar-refractivity contribution in [2.24, 2.45) is 5.92 Å². The molecule has 0 saturated heterocycles. The van der Waals surface area contributed by atoms with Crippen molar-refractivity contribution in [2.45, 2.75) is 25.3 Å². The van der Waals surface area contributed by atoms with Crippen LogP contribution >= 0.6 is 0 Å². The Morgan fingerprint density at radius 3 is 2.12 bits per heavy atom. The summed E-state index contributed by atoms with van der Waals surface area (Å²) < 4.78 is 0. The van der Waals surface area contributed by atoms with Gasteiger partial charge in [0.15, 0.2) is 0 Å². The summed E-state index contributed by atoms with van der Waals surface area (Å²) in [7, 11) is 0. The zero-order valence-corrected chi connectivity index (χ0v) is 18.9. The Kier molecular flexibility index (Phi) is 5.41. The van der Waals surface area contributed by atoms with E-state index in [2.05, 4.69) is 115 Å². The number of aryl methyl sites for hydroxylation is 1. The first kappa shape index (κ1) is 20.2. The minimum absolute atomic E-state index is 0.207. The molecule has 2 aliphatic rings. The molecular formula is C32H29N. The van der Waals surface area contributed by atoms with E-state index in [1.54, 1.807) is 11.1 Å². The molecular weight excluding hydrogens is 398 g/mol. The predicted molar refractivity (Wildman–Crippen MR) is 138 cm³/mol. The third kappa shape index (κ3) is 3.94. The largest absolute Gasteiger partial charge is 0.306 e. The molecule has 4 aromatic rings. The standard InChI is InChI=1S/C32H29N/c1-3-10-26(11-4-1)32(27-12-5-2-6-13-27)33-22-23-15-16-25-18-19-29-28-14-8-7-9-24(28)17-20-30(29)31(25)21-23/h1-16,18-19,23,32-33H,17,20-22H2. The third-order valence-corrected chi connectivity index (χ3v) is 7.28. The Morgan fingerprint density at radius 2 is 1.36 bits per heavy atom. The van der Waals surface area contributed by atoms with E-state index >= 15 is 0 Å². The van der Waals surface area contributed by atoms with Crippen molar-refractivity contribution in [3.8, 4) is 11.1 Å². The maximum absolute atomic E-state index is 3.90. The molecule has 0 heterocycles. The summed E-state index contributed by atoms with van der Waals surface area (Å²) in [5.41, 5.74) is 11.5. The number of hydrogen-bond acceptors (Lipinski definition) is 1. The molecule has 2 aliphatic carbocycles. The molecule has 0 spiro atoms. The molecule has 162 valence electrons. The monoisotopic (exact) mass is 427 g/mol. The Morgan fingerprint density at radius 1 is 0.667 bits per heavy atom. The van der Waals surface area contributed by atoms with Crippen LogP contribution in [0.5, 0.6) is 0 Å². The summed E-state index contributed by atoms with van der Waals surface area (Å²) in [6.45, 7) is 0.963. The first-order valence-corrected chi connectivity index (χ1v) is 12.1. The average molecular weight is 428 g/mol. The minimum Gasteiger partial charge on any atom is -0.306 e. The van der Waals surface area contributed by atoms with Crippen LogP contribution in [-0.4, -0.2) is 6.54 Å². The van der Waals surface area contributed by atoms with Gasteiger partial charge in [-0.15, -0.1) is 0 Å². The van der Waals surface area contributed by atoms with Gasteiger partial charge in [-0.3, -0.25) is 0 Å². The second-order valence-corrected chi connectivity index (χ2v) is 9.30. The molecule has 0 amide bonds. The number of nitrogens with one attached hydrogen (secondary N) is 1. The molecule has 0 aliphatic heterocycles. The zero-order valence-electron chi connectivity index (χ0n) is 18.9. The van der Waals surface area contributed by atoms with E-state index in [1.165, 1.54) is 33.4 Å². The van der Waals surface area contributed by atoms with Gasteiger partial charge in [-0.05, 0) is 69.7 Å². The van der Waals surface area contributed by atoms with Crippen molar-refractivity contribution in [3.05, 3.63) is 137 Å². The van der Waals surface area contributed by atoms with Crippen LogP contribution in [0.1, 0.15) is 39.4 Å². The van der Waals surface area contributed by atoms with Gasteiger partial charge in [0.1, 0.15) is 0 Å². The van der Waals surface area contributed by atoms with Crippen molar-refractivity contribution in [1.29, 1.82) is 0 Å². The second kappa shape index (κ2) is 8.84. The second-order valence-electron chi connectivity index (χ2n) is 9.30. The fourth-order valence-corrected chi connectivity index (χ4v) is 5.61. The fraction of sp³-hybridized carbons (Fsp3) is 0.188. The Labute approximate surface area is 196 Å². The topological polar surface area (TPSA) is 12.0 Å². The lowest BCUT2D eigenvalue weighted by Gasteiger charge is -2.29. The summed E-state index contributed by atoms with van der Waals surface area (Å²) in [6, 6.07) is 35.4. The number of hydrogen-bond donors (Lipinski definition) is 1. The van der Waals surface area contributed by atoms with Crippen LogP contribution in [0, 0.1) is 5.92 Å². The molecule has 33 heavy (non-hydrogen) atoms. The Balaban J connectivity index is 1.26. The molecule has 0 saturated carbocycles. The van der Waals surface area contributed by atoms with Gasteiger partial charge in [0, 0.05) is 6.54 Å². The van der Waals surface area contributed by atoms with Gasteiger partial charge >= 0.3 is 0 Å². The summed E-state index contributed by atoms with van der Waals surface area (Å²) in [4.78, 5) is 0. The van der Waals surface area contributed by atoms with Gasteiger partial charge in [-0.2, -0.15) is 0 Å². The van der Waals surface area contributed by atoms with Crippen LogP contribution in [0.3, 0.4) is 0 Å². The molecule has 4 aromatic carbocycles. The lowest BCUT2D eigenvalue weighted by Crippen LogP contribution is -2.29. The van der Waals surface area contributed by atoms with E-state index in [-0.39, 0.29) is 6.04 Å². The van der Waals surface area contributed by atoms with Crippen molar-refractivity contribution < 1.29 is 0 Å². The molecule has 1 heteroatoms. The molecule has 1 atom stereocenters. The minimum atomic E-state index is 0.207. The van der Waals surface area contributed by atoms with Crippen molar-refractivity contribution >= 4 is 6.08 Å². The smallest absolute Gasteiger partial charge is 0.0576 e. The zero-order chi connectivity index (χ0) is 22.0. The maximum atomic E-state index is 3.90. The quantitative estimate of drug-likeness (QED) is 0.361. The average Bonchev–Trinajstić information content (AvgIpc) is 2.89. The van der Waals surface area contributed by atoms with Gasteiger partial charge in [0.05, 0.1) is 6.04 Å². The van der Waals surface area contributed by atoms with Crippen LogP contribution in [-0.2, 0) is 19.3 Å². The number of benzene rings is 4. The van der Waals surface area contributed by atoms with E-state index in [0.29, 0.717) is 5.92 Å². The summed E-state index contributed by atoms with van der Waals surface area (Å²) in [5.74, 6) is 0.496. The molecule has 0 radical (unpaired) electrons. The van der Waals surface area contributed by atoms with Crippen LogP contribution in [0.4, 0.5) is 0 Å². The van der Waals surface area contributed by atoms with E-state index in [4.69, 9.17) is 0 Å². The summed E-state index contributed by atoms with van der Waals surface area (Å²) in [5, 5.41) is 3.90. The Hall–Kier alpha value is -3.42.